The van der Waals surface area contributed by atoms with E-state index in [9.17, 15) is 13.2 Å². The van der Waals surface area contributed by atoms with Gasteiger partial charge in [0, 0.05) is 16.0 Å². The van der Waals surface area contributed by atoms with Crippen LogP contribution in [-0.2, 0) is 11.6 Å². The van der Waals surface area contributed by atoms with Gasteiger partial charge in [-0.1, -0.05) is 11.6 Å². The SMILES string of the molecule is NC1(C2(c3cc(Cl)cc(C(F)(F)F)c3)CC2)CC1. The largest absolute Gasteiger partial charge is 0.416 e. The van der Waals surface area contributed by atoms with Gasteiger partial charge < -0.3 is 5.73 Å². The van der Waals surface area contributed by atoms with Crippen LogP contribution >= 0.6 is 11.6 Å². The van der Waals surface area contributed by atoms with Crippen molar-refractivity contribution >= 4 is 11.6 Å². The van der Waals surface area contributed by atoms with Gasteiger partial charge in [0.2, 0.25) is 0 Å². The molecule has 0 aliphatic heterocycles. The Labute approximate surface area is 108 Å². The van der Waals surface area contributed by atoms with Crippen molar-refractivity contribution < 1.29 is 13.2 Å². The molecular weight excluding hydrogens is 263 g/mol. The molecule has 1 aromatic rings. The number of rotatable bonds is 2. The lowest BCUT2D eigenvalue weighted by atomic mass is 9.85. The quantitative estimate of drug-likeness (QED) is 0.871. The number of hydrogen-bond acceptors (Lipinski definition) is 1. The van der Waals surface area contributed by atoms with Crippen LogP contribution in [-0.4, -0.2) is 5.54 Å². The minimum Gasteiger partial charge on any atom is -0.324 e. The average molecular weight is 276 g/mol. The molecule has 1 nitrogen and oxygen atoms in total. The summed E-state index contributed by atoms with van der Waals surface area (Å²) in [6.45, 7) is 0. The molecule has 98 valence electrons. The molecule has 0 amide bonds. The molecule has 2 aliphatic rings. The zero-order valence-corrected chi connectivity index (χ0v) is 10.4. The highest BCUT2D eigenvalue weighted by molar-refractivity contribution is 6.30. The summed E-state index contributed by atoms with van der Waals surface area (Å²) in [6, 6.07) is 3.82. The fourth-order valence-electron chi connectivity index (χ4n) is 2.84. The molecular formula is C13H13ClF3N. The van der Waals surface area contributed by atoms with Crippen molar-refractivity contribution in [2.45, 2.75) is 42.8 Å². The molecule has 0 radical (unpaired) electrons. The summed E-state index contributed by atoms with van der Waals surface area (Å²) in [4.78, 5) is 0. The Morgan fingerprint density at radius 3 is 2.11 bits per heavy atom. The zero-order valence-electron chi connectivity index (χ0n) is 9.65. The summed E-state index contributed by atoms with van der Waals surface area (Å²) in [7, 11) is 0. The van der Waals surface area contributed by atoms with Crippen LogP contribution in [0, 0.1) is 0 Å². The molecule has 0 unspecified atom stereocenters. The topological polar surface area (TPSA) is 26.0 Å². The molecule has 2 fully saturated rings. The first-order valence-electron chi connectivity index (χ1n) is 5.94. The van der Waals surface area contributed by atoms with Crippen LogP contribution < -0.4 is 5.73 Å². The highest BCUT2D eigenvalue weighted by Crippen LogP contribution is 2.64. The predicted molar refractivity (Wildman–Crippen MR) is 63.5 cm³/mol. The molecule has 18 heavy (non-hydrogen) atoms. The van der Waals surface area contributed by atoms with Crippen molar-refractivity contribution in [1.29, 1.82) is 0 Å². The van der Waals surface area contributed by atoms with Crippen LogP contribution in [0.3, 0.4) is 0 Å². The highest BCUT2D eigenvalue weighted by Gasteiger charge is 2.64. The molecule has 5 heteroatoms. The summed E-state index contributed by atoms with van der Waals surface area (Å²) in [5.41, 5.74) is 5.61. The third kappa shape index (κ3) is 1.74. The number of nitrogens with two attached hydrogens (primary N) is 1. The van der Waals surface area contributed by atoms with Gasteiger partial charge in [-0.2, -0.15) is 13.2 Å². The second-order valence-electron chi connectivity index (χ2n) is 5.46. The van der Waals surface area contributed by atoms with E-state index in [2.05, 4.69) is 0 Å². The van der Waals surface area contributed by atoms with Crippen LogP contribution in [0.5, 0.6) is 0 Å². The number of halogens is 4. The second-order valence-corrected chi connectivity index (χ2v) is 5.90. The summed E-state index contributed by atoms with van der Waals surface area (Å²) < 4.78 is 38.3. The third-order valence-corrected chi connectivity index (χ3v) is 4.49. The molecule has 2 aliphatic carbocycles. The minimum atomic E-state index is -4.36. The van der Waals surface area contributed by atoms with E-state index in [1.165, 1.54) is 6.07 Å². The maximum atomic E-state index is 12.8. The number of hydrogen-bond donors (Lipinski definition) is 1. The van der Waals surface area contributed by atoms with Crippen LogP contribution in [0.25, 0.3) is 0 Å². The molecule has 1 aromatic carbocycles. The van der Waals surface area contributed by atoms with Crippen molar-refractivity contribution in [3.8, 4) is 0 Å². The van der Waals surface area contributed by atoms with E-state index in [0.29, 0.717) is 5.56 Å². The van der Waals surface area contributed by atoms with E-state index < -0.39 is 11.7 Å². The molecule has 0 aromatic heterocycles. The molecule has 0 spiro atoms. The first kappa shape index (κ1) is 12.3. The van der Waals surface area contributed by atoms with Crippen LogP contribution in [0.2, 0.25) is 5.02 Å². The summed E-state index contributed by atoms with van der Waals surface area (Å²) in [5.74, 6) is 0. The van der Waals surface area contributed by atoms with Gasteiger partial charge in [0.15, 0.2) is 0 Å². The van der Waals surface area contributed by atoms with Gasteiger partial charge in [-0.05, 0) is 49.4 Å². The van der Waals surface area contributed by atoms with E-state index in [0.717, 1.165) is 31.7 Å². The molecule has 0 heterocycles. The van der Waals surface area contributed by atoms with E-state index >= 15 is 0 Å². The lowest BCUT2D eigenvalue weighted by Gasteiger charge is -2.24. The third-order valence-electron chi connectivity index (χ3n) is 4.27. The Morgan fingerprint density at radius 1 is 1.06 bits per heavy atom. The van der Waals surface area contributed by atoms with Crippen molar-refractivity contribution in [3.05, 3.63) is 34.3 Å². The van der Waals surface area contributed by atoms with Crippen molar-refractivity contribution in [2.24, 2.45) is 5.73 Å². The second kappa shape index (κ2) is 3.42. The monoisotopic (exact) mass is 275 g/mol. The summed E-state index contributed by atoms with van der Waals surface area (Å²) in [5, 5.41) is 0.135. The Hall–Kier alpha value is -0.740. The summed E-state index contributed by atoms with van der Waals surface area (Å²) in [6.07, 6.45) is -0.856. The first-order valence-corrected chi connectivity index (χ1v) is 6.32. The zero-order chi connectivity index (χ0) is 13.2. The lowest BCUT2D eigenvalue weighted by Crippen LogP contribution is -2.37. The van der Waals surface area contributed by atoms with E-state index in [1.54, 1.807) is 6.07 Å². The lowest BCUT2D eigenvalue weighted by molar-refractivity contribution is -0.137. The van der Waals surface area contributed by atoms with Gasteiger partial charge in [-0.3, -0.25) is 0 Å². The molecule has 0 atom stereocenters. The first-order chi connectivity index (χ1) is 8.27. The molecule has 2 saturated carbocycles. The maximum Gasteiger partial charge on any atom is 0.416 e. The van der Waals surface area contributed by atoms with Crippen molar-refractivity contribution in [2.75, 3.05) is 0 Å². The Balaban J connectivity index is 2.06. The fraction of sp³-hybridized carbons (Fsp3) is 0.538. The van der Waals surface area contributed by atoms with Gasteiger partial charge in [0.05, 0.1) is 5.56 Å². The molecule has 3 rings (SSSR count). The number of benzene rings is 1. The number of alkyl halides is 3. The standard InChI is InChI=1S/C13H13ClF3N/c14-10-6-8(5-9(7-10)13(15,16)17)11(1-2-11)12(18)3-4-12/h5-7H,1-4,18H2. The maximum absolute atomic E-state index is 12.8. The van der Waals surface area contributed by atoms with Crippen LogP contribution in [0.1, 0.15) is 36.8 Å². The van der Waals surface area contributed by atoms with Crippen molar-refractivity contribution in [3.63, 3.8) is 0 Å². The Bertz CT molecular complexity index is 501. The van der Waals surface area contributed by atoms with Gasteiger partial charge in [-0.25, -0.2) is 0 Å². The molecule has 2 N–H and O–H groups in total. The minimum absolute atomic E-state index is 0.135. The van der Waals surface area contributed by atoms with Gasteiger partial charge in [-0.15, -0.1) is 0 Å². The van der Waals surface area contributed by atoms with Crippen molar-refractivity contribution in [1.82, 2.24) is 0 Å². The van der Waals surface area contributed by atoms with E-state index in [4.69, 9.17) is 17.3 Å². The molecule has 0 bridgehead atoms. The fourth-order valence-corrected chi connectivity index (χ4v) is 3.08. The Morgan fingerprint density at radius 2 is 1.67 bits per heavy atom. The smallest absolute Gasteiger partial charge is 0.324 e. The normalized spacial score (nSPS) is 23.8. The predicted octanol–water partition coefficient (Wildman–Crippen LogP) is 3.88. The van der Waals surface area contributed by atoms with Gasteiger partial charge in [0.1, 0.15) is 0 Å². The highest BCUT2D eigenvalue weighted by atomic mass is 35.5. The molecule has 0 saturated heterocycles. The van der Waals surface area contributed by atoms with Crippen LogP contribution in [0.15, 0.2) is 18.2 Å². The Kier molecular flexibility index (Phi) is 2.34. The van der Waals surface area contributed by atoms with Gasteiger partial charge in [0.25, 0.3) is 0 Å². The van der Waals surface area contributed by atoms with Gasteiger partial charge >= 0.3 is 6.18 Å². The van der Waals surface area contributed by atoms with Crippen LogP contribution in [0.4, 0.5) is 13.2 Å². The average Bonchev–Trinajstić information content (AvgIpc) is 3.10. The van der Waals surface area contributed by atoms with E-state index in [1.807, 2.05) is 0 Å². The van der Waals surface area contributed by atoms with E-state index in [-0.39, 0.29) is 16.0 Å². The summed E-state index contributed by atoms with van der Waals surface area (Å²) >= 11 is 5.82.